The number of benzene rings is 1. The van der Waals surface area contributed by atoms with Crippen LogP contribution in [0, 0.1) is 23.7 Å². The maximum atomic E-state index is 12.9. The van der Waals surface area contributed by atoms with Crippen molar-refractivity contribution in [1.82, 2.24) is 0 Å². The molecule has 4 rings (SSSR count). The number of aldehydes is 1. The molecule has 0 spiro atoms. The highest BCUT2D eigenvalue weighted by Gasteiger charge is 2.77. The molecule has 0 aliphatic heterocycles. The smallest absolute Gasteiger partial charge is 0.342 e. The summed E-state index contributed by atoms with van der Waals surface area (Å²) in [5.74, 6) is -2.71. The van der Waals surface area contributed by atoms with E-state index in [1.54, 1.807) is 20.8 Å². The van der Waals surface area contributed by atoms with Gasteiger partial charge in [-0.15, -0.1) is 0 Å². The molecule has 32 heavy (non-hydrogen) atoms. The number of carbonyl (C=O) groups is 2. The first kappa shape index (κ1) is 23.0. The molecule has 6 atom stereocenters. The van der Waals surface area contributed by atoms with Crippen LogP contribution in [0.25, 0.3) is 0 Å². The lowest BCUT2D eigenvalue weighted by Gasteiger charge is -2.66. The molecule has 2 fully saturated rings. The molecular formula is C23H27ClO8. The van der Waals surface area contributed by atoms with Gasteiger partial charge in [-0.2, -0.15) is 0 Å². The quantitative estimate of drug-likeness (QED) is 0.336. The summed E-state index contributed by atoms with van der Waals surface area (Å²) in [6.45, 7) is 6.70. The van der Waals surface area contributed by atoms with Crippen LogP contribution in [-0.2, 0) is 9.53 Å². The molecule has 0 saturated heterocycles. The largest absolute Gasteiger partial charge is 0.507 e. The Morgan fingerprint density at radius 1 is 1.22 bits per heavy atom. The van der Waals surface area contributed by atoms with Crippen LogP contribution in [0.3, 0.4) is 0 Å². The predicted octanol–water partition coefficient (Wildman–Crippen LogP) is 2.00. The summed E-state index contributed by atoms with van der Waals surface area (Å²) < 4.78 is 5.52. The molecule has 0 radical (unpaired) electrons. The molecule has 1 aromatic carbocycles. The number of halogens is 1. The zero-order valence-corrected chi connectivity index (χ0v) is 19.0. The Morgan fingerprint density at radius 3 is 2.44 bits per heavy atom. The van der Waals surface area contributed by atoms with E-state index in [1.807, 2.05) is 0 Å². The number of carbonyl (C=O) groups excluding carboxylic acids is 2. The van der Waals surface area contributed by atoms with E-state index < -0.39 is 57.6 Å². The summed E-state index contributed by atoms with van der Waals surface area (Å²) in [5.41, 5.74) is -5.52. The Hall–Kier alpha value is -2.13. The summed E-state index contributed by atoms with van der Waals surface area (Å²) >= 11 is 5.98. The zero-order valence-electron chi connectivity index (χ0n) is 18.2. The summed E-state index contributed by atoms with van der Waals surface area (Å²) in [6, 6.07) is 0.917. The minimum atomic E-state index is -1.94. The maximum Gasteiger partial charge on any atom is 0.342 e. The number of phenolic OH excluding ortho intramolecular Hbond substituents is 2. The number of hydrogen-bond donors (Lipinski definition) is 5. The van der Waals surface area contributed by atoms with Gasteiger partial charge in [0, 0.05) is 23.0 Å². The second-order valence-corrected chi connectivity index (χ2v) is 10.7. The van der Waals surface area contributed by atoms with E-state index in [0.717, 1.165) is 6.07 Å². The molecule has 6 unspecified atom stereocenters. The van der Waals surface area contributed by atoms with Crippen molar-refractivity contribution in [2.75, 3.05) is 0 Å². The molecule has 9 heteroatoms. The van der Waals surface area contributed by atoms with E-state index in [9.17, 15) is 35.1 Å². The van der Waals surface area contributed by atoms with Crippen molar-refractivity contribution in [3.05, 3.63) is 33.9 Å². The van der Waals surface area contributed by atoms with Gasteiger partial charge in [-0.3, -0.25) is 4.79 Å². The van der Waals surface area contributed by atoms with Crippen molar-refractivity contribution in [2.24, 2.45) is 16.7 Å². The normalized spacial score (nSPS) is 39.4. The van der Waals surface area contributed by atoms with Crippen LogP contribution in [0.15, 0.2) is 17.7 Å². The summed E-state index contributed by atoms with van der Waals surface area (Å²) in [6.07, 6.45) is -0.130. The second-order valence-electron chi connectivity index (χ2n) is 10.3. The molecule has 1 aromatic rings. The highest BCUT2D eigenvalue weighted by atomic mass is 35.5. The number of fused-ring (bicyclic) bond motifs is 3. The second kappa shape index (κ2) is 6.70. The first-order chi connectivity index (χ1) is 14.6. The van der Waals surface area contributed by atoms with Crippen LogP contribution in [0.1, 0.15) is 49.5 Å². The number of ether oxygens (including phenoxy) is 1. The lowest BCUT2D eigenvalue weighted by Crippen LogP contribution is -2.76. The van der Waals surface area contributed by atoms with Gasteiger partial charge in [0.2, 0.25) is 0 Å². The van der Waals surface area contributed by atoms with Crippen molar-refractivity contribution in [1.29, 1.82) is 0 Å². The number of rotatable bonds is 3. The number of aromatic hydroxyl groups is 2. The zero-order chi connectivity index (χ0) is 24.0. The van der Waals surface area contributed by atoms with E-state index >= 15 is 0 Å². The Morgan fingerprint density at radius 2 is 1.84 bits per heavy atom. The van der Waals surface area contributed by atoms with Gasteiger partial charge in [0.15, 0.2) is 0 Å². The van der Waals surface area contributed by atoms with Crippen LogP contribution in [0.2, 0.25) is 5.02 Å². The summed E-state index contributed by atoms with van der Waals surface area (Å²) in [4.78, 5) is 24.8. The molecule has 5 N–H and O–H groups in total. The third-order valence-electron chi connectivity index (χ3n) is 7.91. The Bertz CT molecular complexity index is 1060. The highest BCUT2D eigenvalue weighted by molar-refractivity contribution is 6.33. The topological polar surface area (TPSA) is 145 Å². The van der Waals surface area contributed by atoms with Gasteiger partial charge < -0.3 is 30.3 Å². The maximum absolute atomic E-state index is 12.9. The van der Waals surface area contributed by atoms with Gasteiger partial charge in [-0.25, -0.2) is 4.79 Å². The number of phenols is 2. The first-order valence-corrected chi connectivity index (χ1v) is 10.7. The van der Waals surface area contributed by atoms with Crippen LogP contribution in [0.4, 0.5) is 0 Å². The fraction of sp³-hybridized carbons (Fsp3) is 0.565. The Labute approximate surface area is 190 Å². The highest BCUT2D eigenvalue weighted by Crippen LogP contribution is 2.69. The standard InChI is InChI=1S/C23H27ClO8/c1-10-15(12(26)5-13(27)16(10)24)19(29)32-14-7-21(4)17-18(28)20(2,3)9-22(17,30)6-11(8-25)23(14,21)31/h5-6,8,14,17-18,26-28,30-31H,7,9H2,1-4H3. The average molecular weight is 467 g/mol. The molecule has 0 aromatic heterocycles. The molecule has 174 valence electrons. The number of aliphatic hydroxyl groups is 3. The Kier molecular flexibility index (Phi) is 4.82. The SMILES string of the molecule is Cc1c(Cl)c(O)cc(O)c1C(=O)OC1CC2(C)C3C(O)C(C)(C)CC3(O)C=C(C=O)C12O. The molecule has 0 amide bonds. The van der Waals surface area contributed by atoms with E-state index in [4.69, 9.17) is 16.3 Å². The fourth-order valence-electron chi connectivity index (χ4n) is 6.35. The number of aliphatic hydroxyl groups excluding tert-OH is 1. The van der Waals surface area contributed by atoms with E-state index in [2.05, 4.69) is 0 Å². The number of esters is 1. The minimum absolute atomic E-state index is 0.0756. The van der Waals surface area contributed by atoms with Crippen molar-refractivity contribution in [2.45, 2.75) is 63.9 Å². The number of hydrogen-bond acceptors (Lipinski definition) is 8. The van der Waals surface area contributed by atoms with Crippen molar-refractivity contribution >= 4 is 23.9 Å². The van der Waals surface area contributed by atoms with E-state index in [1.165, 1.54) is 13.0 Å². The van der Waals surface area contributed by atoms with Crippen LogP contribution >= 0.6 is 11.6 Å². The first-order valence-electron chi connectivity index (χ1n) is 10.4. The minimum Gasteiger partial charge on any atom is -0.507 e. The lowest BCUT2D eigenvalue weighted by atomic mass is 9.43. The monoisotopic (exact) mass is 466 g/mol. The van der Waals surface area contributed by atoms with Crippen molar-refractivity contribution in [3.63, 3.8) is 0 Å². The third kappa shape index (κ3) is 2.67. The van der Waals surface area contributed by atoms with Gasteiger partial charge in [-0.1, -0.05) is 32.4 Å². The average Bonchev–Trinajstić information content (AvgIpc) is 2.87. The Balaban J connectivity index is 1.72. The molecular weight excluding hydrogens is 440 g/mol. The molecule has 2 saturated carbocycles. The van der Waals surface area contributed by atoms with Crippen LogP contribution in [-0.4, -0.2) is 61.2 Å². The van der Waals surface area contributed by atoms with Gasteiger partial charge in [0.1, 0.15) is 35.1 Å². The molecule has 0 heterocycles. The molecule has 3 aliphatic rings. The lowest BCUT2D eigenvalue weighted by molar-refractivity contribution is -0.272. The summed E-state index contributed by atoms with van der Waals surface area (Å²) in [5, 5.41) is 53.7. The molecule has 8 nitrogen and oxygen atoms in total. The van der Waals surface area contributed by atoms with E-state index in [0.29, 0.717) is 6.29 Å². The molecule has 3 aliphatic carbocycles. The van der Waals surface area contributed by atoms with Gasteiger partial charge in [0.05, 0.1) is 16.7 Å². The van der Waals surface area contributed by atoms with Gasteiger partial charge in [-0.05, 0) is 36.8 Å². The fourth-order valence-corrected chi connectivity index (χ4v) is 6.50. The summed E-state index contributed by atoms with van der Waals surface area (Å²) in [7, 11) is 0. The van der Waals surface area contributed by atoms with Gasteiger partial charge >= 0.3 is 5.97 Å². The van der Waals surface area contributed by atoms with Gasteiger partial charge in [0.25, 0.3) is 0 Å². The van der Waals surface area contributed by atoms with E-state index in [-0.39, 0.29) is 34.6 Å². The van der Waals surface area contributed by atoms with Crippen LogP contribution < -0.4 is 0 Å². The predicted molar refractivity (Wildman–Crippen MR) is 113 cm³/mol. The van der Waals surface area contributed by atoms with Crippen molar-refractivity contribution in [3.8, 4) is 11.5 Å². The van der Waals surface area contributed by atoms with Crippen molar-refractivity contribution < 1.29 is 39.9 Å². The molecule has 0 bridgehead atoms. The van der Waals surface area contributed by atoms with Crippen LogP contribution in [0.5, 0.6) is 11.5 Å². The third-order valence-corrected chi connectivity index (χ3v) is 8.39.